The Morgan fingerprint density at radius 3 is 2.75 bits per heavy atom. The number of nitrogens with two attached hydrogens (primary N) is 1. The predicted molar refractivity (Wildman–Crippen MR) is 78.2 cm³/mol. The number of benzene rings is 1. The van der Waals surface area contributed by atoms with Gasteiger partial charge in [0.25, 0.3) is 6.02 Å². The number of nitrogens with zero attached hydrogens (tertiary/aromatic N) is 1. The van der Waals surface area contributed by atoms with Crippen LogP contribution in [-0.2, 0) is 16.1 Å². The van der Waals surface area contributed by atoms with E-state index in [9.17, 15) is 4.79 Å². The van der Waals surface area contributed by atoms with E-state index in [1.165, 1.54) is 0 Å². The van der Waals surface area contributed by atoms with Crippen molar-refractivity contribution in [3.05, 3.63) is 48.0 Å². The number of aliphatic imine (C=N–C) groups is 1. The molecule has 0 bridgehead atoms. The number of hydrogen-bond acceptors (Lipinski definition) is 4. The summed E-state index contributed by atoms with van der Waals surface area (Å²) in [5.41, 5.74) is 6.34. The van der Waals surface area contributed by atoms with Crippen molar-refractivity contribution < 1.29 is 14.3 Å². The third kappa shape index (κ3) is 7.20. The Bertz CT molecular complexity index is 455. The lowest BCUT2D eigenvalue weighted by molar-refractivity contribution is 0.0885. The van der Waals surface area contributed by atoms with E-state index in [1.54, 1.807) is 0 Å². The topological polar surface area (TPSA) is 73.9 Å². The van der Waals surface area contributed by atoms with Crippen LogP contribution in [0.5, 0.6) is 0 Å². The largest absolute Gasteiger partial charge is 0.516 e. The molecule has 20 heavy (non-hydrogen) atoms. The van der Waals surface area contributed by atoms with Crippen molar-refractivity contribution in [2.75, 3.05) is 6.54 Å². The summed E-state index contributed by atoms with van der Waals surface area (Å²) >= 11 is 0. The van der Waals surface area contributed by atoms with Crippen LogP contribution in [0.15, 0.2) is 47.5 Å². The van der Waals surface area contributed by atoms with Crippen LogP contribution in [0.1, 0.15) is 25.3 Å². The second-order valence-electron chi connectivity index (χ2n) is 4.01. The van der Waals surface area contributed by atoms with Gasteiger partial charge in [0.05, 0.1) is 0 Å². The zero-order chi connectivity index (χ0) is 14.6. The minimum atomic E-state index is -0.848. The first-order valence-electron chi connectivity index (χ1n) is 6.55. The second-order valence-corrected chi connectivity index (χ2v) is 4.01. The number of carbonyl (C=O) groups excluding carboxylic acids is 1. The zero-order valence-electron chi connectivity index (χ0n) is 11.6. The Morgan fingerprint density at radius 2 is 2.05 bits per heavy atom. The molecule has 0 aromatic heterocycles. The minimum absolute atomic E-state index is 0.145. The Kier molecular flexibility index (Phi) is 7.57. The highest BCUT2D eigenvalue weighted by molar-refractivity contribution is 5.82. The standard InChI is InChI=1S/C15H20N2O3/c1-2-3-4-8-11-17-14(16)20-15(18)19-12-13-9-6-5-7-10-13/h3-7,9-10H,2,8,11-12H2,1H3,(H2,16,17)/b4-3+. The molecule has 5 nitrogen and oxygen atoms in total. The summed E-state index contributed by atoms with van der Waals surface area (Å²) < 4.78 is 9.63. The van der Waals surface area contributed by atoms with E-state index >= 15 is 0 Å². The fourth-order valence-corrected chi connectivity index (χ4v) is 1.40. The third-order valence-electron chi connectivity index (χ3n) is 2.35. The molecular weight excluding hydrogens is 256 g/mol. The van der Waals surface area contributed by atoms with Gasteiger partial charge in [-0.15, -0.1) is 0 Å². The lowest BCUT2D eigenvalue weighted by Gasteiger charge is -2.05. The van der Waals surface area contributed by atoms with E-state index in [0.29, 0.717) is 6.54 Å². The average molecular weight is 276 g/mol. The number of hydrogen-bond donors (Lipinski definition) is 1. The maximum absolute atomic E-state index is 11.3. The van der Waals surface area contributed by atoms with Crippen LogP contribution < -0.4 is 5.73 Å². The van der Waals surface area contributed by atoms with Gasteiger partial charge >= 0.3 is 6.16 Å². The SMILES string of the molecule is CC/C=C/CCN=C(N)OC(=O)OCc1ccccc1. The number of rotatable bonds is 6. The second kappa shape index (κ2) is 9.61. The van der Waals surface area contributed by atoms with Crippen LogP contribution in [0.3, 0.4) is 0 Å². The first-order valence-corrected chi connectivity index (χ1v) is 6.55. The summed E-state index contributed by atoms with van der Waals surface area (Å²) in [5, 5.41) is 0. The summed E-state index contributed by atoms with van der Waals surface area (Å²) in [5.74, 6) is 0. The molecule has 0 unspecified atom stereocenters. The summed E-state index contributed by atoms with van der Waals surface area (Å²) in [7, 11) is 0. The molecule has 0 aliphatic carbocycles. The molecule has 0 saturated carbocycles. The van der Waals surface area contributed by atoms with Crippen LogP contribution in [0.4, 0.5) is 4.79 Å². The van der Waals surface area contributed by atoms with Gasteiger partial charge in [0.2, 0.25) is 0 Å². The van der Waals surface area contributed by atoms with Gasteiger partial charge < -0.3 is 15.2 Å². The van der Waals surface area contributed by atoms with E-state index in [-0.39, 0.29) is 12.6 Å². The van der Waals surface area contributed by atoms with Gasteiger partial charge in [-0.05, 0) is 18.4 Å². The highest BCUT2D eigenvalue weighted by Crippen LogP contribution is 2.01. The molecule has 0 aliphatic rings. The van der Waals surface area contributed by atoms with Crippen molar-refractivity contribution in [3.63, 3.8) is 0 Å². The Balaban J connectivity index is 2.24. The van der Waals surface area contributed by atoms with E-state index in [0.717, 1.165) is 18.4 Å². The van der Waals surface area contributed by atoms with Gasteiger partial charge in [-0.2, -0.15) is 0 Å². The molecule has 0 aliphatic heterocycles. The quantitative estimate of drug-likeness (QED) is 0.285. The van der Waals surface area contributed by atoms with E-state index in [4.69, 9.17) is 15.2 Å². The van der Waals surface area contributed by atoms with Gasteiger partial charge in [0.1, 0.15) is 6.61 Å². The van der Waals surface area contributed by atoms with E-state index in [2.05, 4.69) is 11.9 Å². The lowest BCUT2D eigenvalue weighted by atomic mass is 10.2. The van der Waals surface area contributed by atoms with Crippen molar-refractivity contribution in [1.82, 2.24) is 0 Å². The summed E-state index contributed by atoms with van der Waals surface area (Å²) in [6.07, 6.45) is 4.95. The minimum Gasteiger partial charge on any atom is -0.429 e. The van der Waals surface area contributed by atoms with Gasteiger partial charge in [0, 0.05) is 6.54 Å². The lowest BCUT2D eigenvalue weighted by Crippen LogP contribution is -2.21. The van der Waals surface area contributed by atoms with Gasteiger partial charge in [0.15, 0.2) is 0 Å². The third-order valence-corrected chi connectivity index (χ3v) is 2.35. The fourth-order valence-electron chi connectivity index (χ4n) is 1.40. The van der Waals surface area contributed by atoms with E-state index < -0.39 is 6.16 Å². The van der Waals surface area contributed by atoms with E-state index in [1.807, 2.05) is 42.5 Å². The molecule has 0 fully saturated rings. The van der Waals surface area contributed by atoms with Crippen molar-refractivity contribution in [3.8, 4) is 0 Å². The molecule has 2 N–H and O–H groups in total. The molecule has 0 heterocycles. The fraction of sp³-hybridized carbons (Fsp3) is 0.333. The predicted octanol–water partition coefficient (Wildman–Crippen LogP) is 3.01. The van der Waals surface area contributed by atoms with Gasteiger partial charge in [-0.3, -0.25) is 0 Å². The van der Waals surface area contributed by atoms with Crippen LogP contribution in [-0.4, -0.2) is 18.7 Å². The molecule has 5 heteroatoms. The molecule has 1 aromatic rings. The first kappa shape index (κ1) is 15.8. The summed E-state index contributed by atoms with van der Waals surface area (Å²) in [6, 6.07) is 9.15. The smallest absolute Gasteiger partial charge is 0.429 e. The number of carbonyl (C=O) groups is 1. The zero-order valence-corrected chi connectivity index (χ0v) is 11.6. The van der Waals surface area contributed by atoms with Crippen molar-refractivity contribution >= 4 is 12.2 Å². The van der Waals surface area contributed by atoms with Crippen LogP contribution in [0.2, 0.25) is 0 Å². The molecule has 0 atom stereocenters. The molecule has 1 rings (SSSR count). The van der Waals surface area contributed by atoms with Crippen LogP contribution >= 0.6 is 0 Å². The van der Waals surface area contributed by atoms with Crippen LogP contribution in [0, 0.1) is 0 Å². The van der Waals surface area contributed by atoms with Crippen molar-refractivity contribution in [1.29, 1.82) is 0 Å². The molecule has 108 valence electrons. The average Bonchev–Trinajstić information content (AvgIpc) is 2.46. The van der Waals surface area contributed by atoms with Crippen LogP contribution in [0.25, 0.3) is 0 Å². The van der Waals surface area contributed by atoms with Crippen molar-refractivity contribution in [2.45, 2.75) is 26.4 Å². The summed E-state index contributed by atoms with van der Waals surface area (Å²) in [4.78, 5) is 15.3. The first-order chi connectivity index (χ1) is 9.72. The molecule has 0 amide bonds. The Hall–Kier alpha value is -2.30. The summed E-state index contributed by atoms with van der Waals surface area (Å²) in [6.45, 7) is 2.68. The van der Waals surface area contributed by atoms with Gasteiger partial charge in [-0.25, -0.2) is 9.79 Å². The highest BCUT2D eigenvalue weighted by atomic mass is 16.7. The Morgan fingerprint density at radius 1 is 1.30 bits per heavy atom. The maximum Gasteiger partial charge on any atom is 0.516 e. The molecule has 0 saturated heterocycles. The maximum atomic E-state index is 11.3. The molecule has 0 spiro atoms. The monoisotopic (exact) mass is 276 g/mol. The number of ether oxygens (including phenoxy) is 2. The molecular formula is C15H20N2O3. The Labute approximate surface area is 119 Å². The molecule has 1 aromatic carbocycles. The van der Waals surface area contributed by atoms with Crippen molar-refractivity contribution in [2.24, 2.45) is 10.7 Å². The van der Waals surface area contributed by atoms with Gasteiger partial charge in [-0.1, -0.05) is 49.4 Å². The normalized spacial score (nSPS) is 11.6. The highest BCUT2D eigenvalue weighted by Gasteiger charge is 2.06. The number of amidine groups is 1. The molecule has 0 radical (unpaired) electrons. The number of allylic oxidation sites excluding steroid dienone is 1.